The summed E-state index contributed by atoms with van der Waals surface area (Å²) in [4.78, 5) is 13.1. The molecule has 1 rings (SSSR count). The Kier molecular flexibility index (Phi) is 4.10. The highest BCUT2D eigenvalue weighted by Crippen LogP contribution is 2.09. The molecule has 5 nitrogen and oxygen atoms in total. The van der Waals surface area contributed by atoms with Gasteiger partial charge in [0.2, 0.25) is 15.9 Å². The van der Waals surface area contributed by atoms with E-state index >= 15 is 0 Å². The predicted octanol–water partition coefficient (Wildman–Crippen LogP) is -0.110. The van der Waals surface area contributed by atoms with Crippen LogP contribution >= 0.6 is 0 Å². The first-order valence-corrected chi connectivity index (χ1v) is 6.80. The van der Waals surface area contributed by atoms with Gasteiger partial charge in [-0.05, 0) is 12.8 Å². The van der Waals surface area contributed by atoms with E-state index in [1.165, 1.54) is 4.31 Å². The molecule has 0 saturated carbocycles. The van der Waals surface area contributed by atoms with Crippen LogP contribution in [0.3, 0.4) is 0 Å². The molecule has 0 unspecified atom stereocenters. The zero-order valence-corrected chi connectivity index (χ0v) is 10.1. The van der Waals surface area contributed by atoms with Crippen LogP contribution in [0.1, 0.15) is 19.8 Å². The molecule has 1 aliphatic rings. The Labute approximate surface area is 91.1 Å². The fourth-order valence-corrected chi connectivity index (χ4v) is 3.07. The van der Waals surface area contributed by atoms with Gasteiger partial charge in [0, 0.05) is 20.1 Å². The van der Waals surface area contributed by atoms with Crippen LogP contribution in [0, 0.1) is 0 Å². The zero-order chi connectivity index (χ0) is 11.5. The summed E-state index contributed by atoms with van der Waals surface area (Å²) in [6, 6.07) is 0. The molecule has 1 amide bonds. The molecule has 1 heterocycles. The van der Waals surface area contributed by atoms with E-state index in [1.54, 1.807) is 11.9 Å². The van der Waals surface area contributed by atoms with Gasteiger partial charge in [-0.3, -0.25) is 4.79 Å². The fraction of sp³-hybridized carbons (Fsp3) is 0.889. The van der Waals surface area contributed by atoms with Gasteiger partial charge in [0.1, 0.15) is 0 Å². The van der Waals surface area contributed by atoms with Crippen LogP contribution in [0.25, 0.3) is 0 Å². The highest BCUT2D eigenvalue weighted by molar-refractivity contribution is 7.89. The van der Waals surface area contributed by atoms with E-state index in [0.717, 1.165) is 0 Å². The van der Waals surface area contributed by atoms with Crippen LogP contribution in [0.4, 0.5) is 0 Å². The number of sulfonamides is 1. The van der Waals surface area contributed by atoms with Gasteiger partial charge in [0.05, 0.1) is 12.3 Å². The van der Waals surface area contributed by atoms with E-state index in [0.29, 0.717) is 25.9 Å². The molecule has 1 saturated heterocycles. The second-order valence-corrected chi connectivity index (χ2v) is 5.91. The van der Waals surface area contributed by atoms with Crippen molar-refractivity contribution < 1.29 is 13.2 Å². The maximum absolute atomic E-state index is 11.7. The monoisotopic (exact) mass is 234 g/mol. The lowest BCUT2D eigenvalue weighted by Gasteiger charge is -2.18. The first-order chi connectivity index (χ1) is 6.97. The van der Waals surface area contributed by atoms with Crippen LogP contribution in [0.15, 0.2) is 0 Å². The molecule has 0 aromatic carbocycles. The van der Waals surface area contributed by atoms with Crippen molar-refractivity contribution in [3.8, 4) is 0 Å². The minimum atomic E-state index is -3.23. The summed E-state index contributed by atoms with van der Waals surface area (Å²) in [5, 5.41) is 0. The number of carbonyl (C=O) groups is 1. The molecule has 88 valence electrons. The van der Waals surface area contributed by atoms with Gasteiger partial charge in [0.15, 0.2) is 0 Å². The molecule has 6 heteroatoms. The molecular formula is C9H18N2O3S. The molecule has 1 aliphatic heterocycles. The Morgan fingerprint density at radius 2 is 2.00 bits per heavy atom. The van der Waals surface area contributed by atoms with Crippen molar-refractivity contribution in [2.75, 3.05) is 32.4 Å². The SMILES string of the molecule is CCCS(=O)(=O)N1CCCN(C)C(=O)C1. The van der Waals surface area contributed by atoms with Gasteiger partial charge >= 0.3 is 0 Å². The number of likely N-dealkylation sites (N-methyl/N-ethyl adjacent to an activating group) is 1. The normalized spacial score (nSPS) is 20.4. The second kappa shape index (κ2) is 4.94. The zero-order valence-electron chi connectivity index (χ0n) is 9.27. The Morgan fingerprint density at radius 3 is 2.60 bits per heavy atom. The summed E-state index contributed by atoms with van der Waals surface area (Å²) in [6.07, 6.45) is 1.30. The number of carbonyl (C=O) groups excluding carboxylic acids is 1. The minimum absolute atomic E-state index is 0.00116. The molecule has 0 bridgehead atoms. The first-order valence-electron chi connectivity index (χ1n) is 5.19. The number of hydrogen-bond acceptors (Lipinski definition) is 3. The summed E-state index contributed by atoms with van der Waals surface area (Å²) in [5.74, 6) is 0.0106. The average Bonchev–Trinajstić information content (AvgIpc) is 2.30. The molecule has 15 heavy (non-hydrogen) atoms. The van der Waals surface area contributed by atoms with Gasteiger partial charge in [-0.15, -0.1) is 0 Å². The van der Waals surface area contributed by atoms with Crippen molar-refractivity contribution in [2.45, 2.75) is 19.8 Å². The Morgan fingerprint density at radius 1 is 1.33 bits per heavy atom. The Balaban J connectivity index is 2.75. The minimum Gasteiger partial charge on any atom is -0.345 e. The first kappa shape index (κ1) is 12.4. The second-order valence-electron chi connectivity index (χ2n) is 3.82. The highest BCUT2D eigenvalue weighted by Gasteiger charge is 2.27. The standard InChI is InChI=1S/C9H18N2O3S/c1-3-7-15(13,14)11-6-4-5-10(2)9(12)8-11/h3-8H2,1-2H3. The predicted molar refractivity (Wildman–Crippen MR) is 57.9 cm³/mol. The van der Waals surface area contributed by atoms with E-state index in [2.05, 4.69) is 0 Å². The smallest absolute Gasteiger partial charge is 0.237 e. The fourth-order valence-electron chi connectivity index (χ4n) is 1.58. The van der Waals surface area contributed by atoms with E-state index in [9.17, 15) is 13.2 Å². The molecule has 0 aliphatic carbocycles. The molecule has 1 fully saturated rings. The van der Waals surface area contributed by atoms with Crippen molar-refractivity contribution in [1.82, 2.24) is 9.21 Å². The lowest BCUT2D eigenvalue weighted by atomic mass is 10.4. The summed E-state index contributed by atoms with van der Waals surface area (Å²) < 4.78 is 24.8. The van der Waals surface area contributed by atoms with Crippen molar-refractivity contribution in [1.29, 1.82) is 0 Å². The van der Waals surface area contributed by atoms with E-state index < -0.39 is 10.0 Å². The van der Waals surface area contributed by atoms with Crippen molar-refractivity contribution in [2.24, 2.45) is 0 Å². The average molecular weight is 234 g/mol. The molecule has 0 aromatic heterocycles. The van der Waals surface area contributed by atoms with Crippen LogP contribution in [0.5, 0.6) is 0 Å². The third-order valence-corrected chi connectivity index (χ3v) is 4.52. The topological polar surface area (TPSA) is 57.7 Å². The third kappa shape index (κ3) is 3.17. The molecule has 0 spiro atoms. The van der Waals surface area contributed by atoms with E-state index in [1.807, 2.05) is 6.92 Å². The lowest BCUT2D eigenvalue weighted by Crippen LogP contribution is -2.39. The third-order valence-electron chi connectivity index (χ3n) is 2.49. The maximum atomic E-state index is 11.7. The maximum Gasteiger partial charge on any atom is 0.237 e. The number of nitrogens with zero attached hydrogens (tertiary/aromatic N) is 2. The number of hydrogen-bond donors (Lipinski definition) is 0. The summed E-state index contributed by atoms with van der Waals surface area (Å²) in [5.41, 5.74) is 0. The number of amides is 1. The van der Waals surface area contributed by atoms with Gasteiger partial charge < -0.3 is 4.90 Å². The van der Waals surface area contributed by atoms with Crippen LogP contribution in [-0.2, 0) is 14.8 Å². The van der Waals surface area contributed by atoms with Crippen molar-refractivity contribution in [3.05, 3.63) is 0 Å². The molecule has 0 N–H and O–H groups in total. The number of rotatable bonds is 3. The molecule has 0 radical (unpaired) electrons. The van der Waals surface area contributed by atoms with Crippen molar-refractivity contribution in [3.63, 3.8) is 0 Å². The van der Waals surface area contributed by atoms with Gasteiger partial charge in [0.25, 0.3) is 0 Å². The highest BCUT2D eigenvalue weighted by atomic mass is 32.2. The Bertz CT molecular complexity index is 326. The van der Waals surface area contributed by atoms with Crippen LogP contribution in [-0.4, -0.2) is 56.0 Å². The lowest BCUT2D eigenvalue weighted by molar-refractivity contribution is -0.129. The van der Waals surface area contributed by atoms with Gasteiger partial charge in [-0.25, -0.2) is 8.42 Å². The van der Waals surface area contributed by atoms with E-state index in [4.69, 9.17) is 0 Å². The molecule has 0 aromatic rings. The van der Waals surface area contributed by atoms with Crippen molar-refractivity contribution >= 4 is 15.9 Å². The van der Waals surface area contributed by atoms with Gasteiger partial charge in [-0.1, -0.05) is 6.92 Å². The molecule has 0 atom stereocenters. The summed E-state index contributed by atoms with van der Waals surface area (Å²) in [6.45, 7) is 2.91. The largest absolute Gasteiger partial charge is 0.345 e. The van der Waals surface area contributed by atoms with E-state index in [-0.39, 0.29) is 18.2 Å². The van der Waals surface area contributed by atoms with Crippen LogP contribution < -0.4 is 0 Å². The molecular weight excluding hydrogens is 216 g/mol. The van der Waals surface area contributed by atoms with Crippen LogP contribution in [0.2, 0.25) is 0 Å². The van der Waals surface area contributed by atoms with Gasteiger partial charge in [-0.2, -0.15) is 4.31 Å². The summed E-state index contributed by atoms with van der Waals surface area (Å²) >= 11 is 0. The Hall–Kier alpha value is -0.620. The quantitative estimate of drug-likeness (QED) is 0.684. The summed E-state index contributed by atoms with van der Waals surface area (Å²) in [7, 11) is -1.52.